The van der Waals surface area contributed by atoms with Gasteiger partial charge in [0, 0.05) is 16.9 Å². The first-order valence-electron chi connectivity index (χ1n) is 9.46. The Morgan fingerprint density at radius 2 is 1.84 bits per heavy atom. The second-order valence-corrected chi connectivity index (χ2v) is 7.40. The average molecular weight is 482 g/mol. The highest BCUT2D eigenvalue weighted by Gasteiger charge is 2.13. The second kappa shape index (κ2) is 10.5. The zero-order chi connectivity index (χ0) is 22.2. The van der Waals surface area contributed by atoms with Crippen molar-refractivity contribution >= 4 is 34.0 Å². The van der Waals surface area contributed by atoms with Crippen molar-refractivity contribution in [2.75, 3.05) is 6.61 Å². The number of carbonyl (C=O) groups excluding carboxylic acids is 2. The summed E-state index contributed by atoms with van der Waals surface area (Å²) in [5.41, 5.74) is 4.98. The predicted octanol–water partition coefficient (Wildman–Crippen LogP) is 4.53. The highest BCUT2D eigenvalue weighted by atomic mass is 79.9. The summed E-state index contributed by atoms with van der Waals surface area (Å²) in [6.07, 6.45) is 4.50. The Bertz CT molecular complexity index is 1110. The Balaban J connectivity index is 1.70. The lowest BCUT2D eigenvalue weighted by molar-refractivity contribution is 0.0728. The fourth-order valence-electron chi connectivity index (χ4n) is 2.57. The average Bonchev–Trinajstić information content (AvgIpc) is 2.76. The molecule has 0 aliphatic carbocycles. The van der Waals surface area contributed by atoms with Crippen molar-refractivity contribution in [1.82, 2.24) is 10.4 Å². The van der Waals surface area contributed by atoms with Gasteiger partial charge in [-0.25, -0.2) is 10.2 Å². The van der Waals surface area contributed by atoms with E-state index in [1.165, 1.54) is 12.4 Å². The van der Waals surface area contributed by atoms with Gasteiger partial charge in [-0.1, -0.05) is 17.7 Å². The third kappa shape index (κ3) is 6.23. The van der Waals surface area contributed by atoms with E-state index in [1.807, 2.05) is 26.0 Å². The van der Waals surface area contributed by atoms with Gasteiger partial charge >= 0.3 is 5.97 Å². The van der Waals surface area contributed by atoms with E-state index in [1.54, 1.807) is 42.6 Å². The standard InChI is InChI=1S/C23H20BrN3O4/c1-3-30-21-10-16(12-26-27-22(28)18-11-19(24)14-25-13-18)6-9-20(21)31-23(29)17-7-4-15(2)5-8-17/h4-14H,3H2,1-2H3,(H,27,28)/b26-12+. The van der Waals surface area contributed by atoms with Gasteiger partial charge in [0.15, 0.2) is 11.5 Å². The van der Waals surface area contributed by atoms with Gasteiger partial charge in [0.2, 0.25) is 0 Å². The smallest absolute Gasteiger partial charge is 0.343 e. The zero-order valence-corrected chi connectivity index (χ0v) is 18.5. The van der Waals surface area contributed by atoms with Gasteiger partial charge in [-0.05, 0) is 71.7 Å². The summed E-state index contributed by atoms with van der Waals surface area (Å²) in [5, 5.41) is 3.96. The van der Waals surface area contributed by atoms with E-state index in [0.29, 0.717) is 39.3 Å². The Morgan fingerprint density at radius 3 is 2.55 bits per heavy atom. The van der Waals surface area contributed by atoms with Crippen molar-refractivity contribution in [2.24, 2.45) is 5.10 Å². The van der Waals surface area contributed by atoms with E-state index in [9.17, 15) is 9.59 Å². The number of carbonyl (C=O) groups is 2. The molecule has 158 valence electrons. The topological polar surface area (TPSA) is 89.9 Å². The minimum atomic E-state index is -0.475. The predicted molar refractivity (Wildman–Crippen MR) is 121 cm³/mol. The van der Waals surface area contributed by atoms with E-state index < -0.39 is 11.9 Å². The minimum absolute atomic E-state index is 0.300. The fraction of sp³-hybridized carbons (Fsp3) is 0.130. The maximum absolute atomic E-state index is 12.4. The maximum Gasteiger partial charge on any atom is 0.343 e. The number of pyridine rings is 1. The van der Waals surface area contributed by atoms with Crippen molar-refractivity contribution in [3.63, 3.8) is 0 Å². The van der Waals surface area contributed by atoms with E-state index in [2.05, 4.69) is 31.4 Å². The minimum Gasteiger partial charge on any atom is -0.490 e. The number of hydrogen-bond acceptors (Lipinski definition) is 6. The van der Waals surface area contributed by atoms with Gasteiger partial charge in [0.05, 0.1) is 23.9 Å². The van der Waals surface area contributed by atoms with Gasteiger partial charge < -0.3 is 9.47 Å². The maximum atomic E-state index is 12.4. The molecule has 1 N–H and O–H groups in total. The third-order valence-corrected chi connectivity index (χ3v) is 4.54. The lowest BCUT2D eigenvalue weighted by Crippen LogP contribution is -2.17. The first kappa shape index (κ1) is 22.2. The van der Waals surface area contributed by atoms with E-state index >= 15 is 0 Å². The number of aryl methyl sites for hydroxylation is 1. The van der Waals surface area contributed by atoms with Crippen molar-refractivity contribution in [1.29, 1.82) is 0 Å². The largest absolute Gasteiger partial charge is 0.490 e. The molecular formula is C23H20BrN3O4. The van der Waals surface area contributed by atoms with Crippen molar-refractivity contribution < 1.29 is 19.1 Å². The number of amides is 1. The molecule has 1 aromatic heterocycles. The molecule has 0 saturated heterocycles. The van der Waals surface area contributed by atoms with Crippen LogP contribution in [0.1, 0.15) is 38.8 Å². The van der Waals surface area contributed by atoms with Crippen molar-refractivity contribution in [2.45, 2.75) is 13.8 Å². The summed E-state index contributed by atoms with van der Waals surface area (Å²) in [6.45, 7) is 4.17. The molecule has 7 nitrogen and oxygen atoms in total. The molecular weight excluding hydrogens is 462 g/mol. The molecule has 3 rings (SSSR count). The quantitative estimate of drug-likeness (QED) is 0.231. The second-order valence-electron chi connectivity index (χ2n) is 6.49. The van der Waals surface area contributed by atoms with Gasteiger partial charge in [-0.3, -0.25) is 9.78 Å². The summed E-state index contributed by atoms with van der Waals surface area (Å²) in [4.78, 5) is 28.5. The Kier molecular flexibility index (Phi) is 7.50. The summed E-state index contributed by atoms with van der Waals surface area (Å²) >= 11 is 3.27. The lowest BCUT2D eigenvalue weighted by atomic mass is 10.1. The van der Waals surface area contributed by atoms with Crippen LogP contribution in [-0.4, -0.2) is 29.7 Å². The zero-order valence-electron chi connectivity index (χ0n) is 17.0. The number of esters is 1. The summed E-state index contributed by atoms with van der Waals surface area (Å²) < 4.78 is 11.8. The molecule has 2 aromatic carbocycles. The van der Waals surface area contributed by atoms with E-state index in [0.717, 1.165) is 5.56 Å². The molecule has 0 aliphatic heterocycles. The van der Waals surface area contributed by atoms with Crippen LogP contribution in [0.4, 0.5) is 0 Å². The molecule has 0 unspecified atom stereocenters. The van der Waals surface area contributed by atoms with E-state index in [4.69, 9.17) is 9.47 Å². The normalized spacial score (nSPS) is 10.7. The molecule has 0 aliphatic rings. The fourth-order valence-corrected chi connectivity index (χ4v) is 2.94. The molecule has 3 aromatic rings. The summed E-state index contributed by atoms with van der Waals surface area (Å²) in [6, 6.07) is 13.8. The molecule has 0 fully saturated rings. The third-order valence-electron chi connectivity index (χ3n) is 4.10. The van der Waals surface area contributed by atoms with Gasteiger partial charge in [0.1, 0.15) is 0 Å². The molecule has 8 heteroatoms. The Hall–Kier alpha value is -3.52. The molecule has 0 atom stereocenters. The molecule has 1 heterocycles. The first-order valence-corrected chi connectivity index (χ1v) is 10.2. The van der Waals surface area contributed by atoms with Crippen molar-refractivity contribution in [3.8, 4) is 11.5 Å². The van der Waals surface area contributed by atoms with Crippen LogP contribution in [0.2, 0.25) is 0 Å². The van der Waals surface area contributed by atoms with Gasteiger partial charge in [-0.2, -0.15) is 5.10 Å². The monoisotopic (exact) mass is 481 g/mol. The van der Waals surface area contributed by atoms with Crippen LogP contribution in [0, 0.1) is 6.92 Å². The van der Waals surface area contributed by atoms with Crippen LogP contribution in [0.5, 0.6) is 11.5 Å². The number of rotatable bonds is 7. The Labute approximate surface area is 188 Å². The molecule has 0 bridgehead atoms. The number of hydrazone groups is 1. The van der Waals surface area contributed by atoms with Crippen LogP contribution in [0.3, 0.4) is 0 Å². The highest BCUT2D eigenvalue weighted by Crippen LogP contribution is 2.29. The van der Waals surface area contributed by atoms with Crippen LogP contribution >= 0.6 is 15.9 Å². The van der Waals surface area contributed by atoms with Gasteiger partial charge in [0.25, 0.3) is 5.91 Å². The number of ether oxygens (including phenoxy) is 2. The first-order chi connectivity index (χ1) is 15.0. The number of halogens is 1. The van der Waals surface area contributed by atoms with Crippen molar-refractivity contribution in [3.05, 3.63) is 87.7 Å². The van der Waals surface area contributed by atoms with Crippen LogP contribution in [0.15, 0.2) is 70.5 Å². The molecule has 0 spiro atoms. The molecule has 31 heavy (non-hydrogen) atoms. The molecule has 1 amide bonds. The summed E-state index contributed by atoms with van der Waals surface area (Å²) in [5.74, 6) is -0.167. The summed E-state index contributed by atoms with van der Waals surface area (Å²) in [7, 11) is 0. The lowest BCUT2D eigenvalue weighted by Gasteiger charge is -2.11. The number of nitrogens with one attached hydrogen (secondary N) is 1. The number of aromatic nitrogens is 1. The van der Waals surface area contributed by atoms with Gasteiger partial charge in [-0.15, -0.1) is 0 Å². The number of hydrogen-bond donors (Lipinski definition) is 1. The van der Waals surface area contributed by atoms with Crippen LogP contribution < -0.4 is 14.9 Å². The van der Waals surface area contributed by atoms with Crippen LogP contribution in [0.25, 0.3) is 0 Å². The number of nitrogens with zero attached hydrogens (tertiary/aromatic N) is 2. The SMILES string of the molecule is CCOc1cc(/C=N/NC(=O)c2cncc(Br)c2)ccc1OC(=O)c1ccc(C)cc1. The molecule has 0 radical (unpaired) electrons. The Morgan fingerprint density at radius 1 is 1.06 bits per heavy atom. The highest BCUT2D eigenvalue weighted by molar-refractivity contribution is 9.10. The van der Waals surface area contributed by atoms with E-state index in [-0.39, 0.29) is 0 Å². The molecule has 0 saturated carbocycles. The van der Waals surface area contributed by atoms with Crippen LogP contribution in [-0.2, 0) is 0 Å². The number of benzene rings is 2.